The molecule has 0 radical (unpaired) electrons. The number of carbonyl (C=O) groups excluding carboxylic acids is 2. The first-order valence-corrected chi connectivity index (χ1v) is 25.9. The van der Waals surface area contributed by atoms with E-state index in [4.69, 9.17) is 28.4 Å². The lowest BCUT2D eigenvalue weighted by Crippen LogP contribution is -2.61. The Labute approximate surface area is 407 Å². The molecule has 0 amide bonds. The number of esters is 2. The highest BCUT2D eigenvalue weighted by molar-refractivity contribution is 5.70. The summed E-state index contributed by atoms with van der Waals surface area (Å²) >= 11 is 0. The minimum atomic E-state index is -1.77. The fraction of sp³-hybridized carbons (Fsp3) is 0.774. The summed E-state index contributed by atoms with van der Waals surface area (Å²) in [7, 11) is 0. The third-order valence-corrected chi connectivity index (χ3v) is 12.0. The van der Waals surface area contributed by atoms with Gasteiger partial charge in [-0.25, -0.2) is 0 Å². The summed E-state index contributed by atoms with van der Waals surface area (Å²) < 4.78 is 33.5. The van der Waals surface area contributed by atoms with Crippen LogP contribution < -0.4 is 0 Å². The molecular weight excluding hydrogens is 877 g/mol. The maximum absolute atomic E-state index is 13.0. The average molecular weight is 967 g/mol. The summed E-state index contributed by atoms with van der Waals surface area (Å²) in [6, 6.07) is 0. The van der Waals surface area contributed by atoms with Crippen molar-refractivity contribution in [2.45, 2.75) is 235 Å². The summed E-state index contributed by atoms with van der Waals surface area (Å²) in [4.78, 5) is 25.8. The molecule has 15 heteroatoms. The molecule has 0 spiro atoms. The Morgan fingerprint density at radius 3 is 1.50 bits per heavy atom. The van der Waals surface area contributed by atoms with E-state index in [9.17, 15) is 45.3 Å². The molecule has 0 aliphatic carbocycles. The second-order valence-corrected chi connectivity index (χ2v) is 18.0. The van der Waals surface area contributed by atoms with Gasteiger partial charge in [0.05, 0.1) is 19.8 Å². The second kappa shape index (κ2) is 39.9. The van der Waals surface area contributed by atoms with Gasteiger partial charge in [0.1, 0.15) is 55.4 Å². The van der Waals surface area contributed by atoms with Crippen molar-refractivity contribution in [1.82, 2.24) is 0 Å². The molecule has 2 fully saturated rings. The lowest BCUT2D eigenvalue weighted by atomic mass is 9.98. The number of rotatable bonds is 39. The number of ether oxygens (including phenoxy) is 6. The van der Waals surface area contributed by atoms with E-state index in [0.717, 1.165) is 83.5 Å². The molecule has 2 saturated heterocycles. The topological polar surface area (TPSA) is 231 Å². The normalized spacial score (nSPS) is 26.2. The van der Waals surface area contributed by atoms with Crippen LogP contribution in [0.1, 0.15) is 168 Å². The van der Waals surface area contributed by atoms with Gasteiger partial charge in [-0.1, -0.05) is 139 Å². The highest BCUT2D eigenvalue weighted by Gasteiger charge is 2.47. The number of allylic oxidation sites excluding steroid dienone is 10. The third kappa shape index (κ3) is 27.6. The lowest BCUT2D eigenvalue weighted by molar-refractivity contribution is -0.332. The second-order valence-electron chi connectivity index (χ2n) is 18.0. The van der Waals surface area contributed by atoms with Crippen LogP contribution in [0.5, 0.6) is 0 Å². The van der Waals surface area contributed by atoms with E-state index < -0.39 is 99.3 Å². The van der Waals surface area contributed by atoms with Gasteiger partial charge in [-0.3, -0.25) is 9.59 Å². The number of aliphatic hydroxyl groups is 7. The van der Waals surface area contributed by atoms with Gasteiger partial charge >= 0.3 is 11.9 Å². The zero-order chi connectivity index (χ0) is 49.6. The van der Waals surface area contributed by atoms with E-state index in [1.807, 2.05) is 0 Å². The summed E-state index contributed by atoms with van der Waals surface area (Å²) in [5.41, 5.74) is 0. The van der Waals surface area contributed by atoms with Gasteiger partial charge in [-0.15, -0.1) is 0 Å². The maximum Gasteiger partial charge on any atom is 0.306 e. The van der Waals surface area contributed by atoms with Crippen molar-refractivity contribution in [3.63, 3.8) is 0 Å². The standard InChI is InChI=1S/C53H90O15/c1-3-5-7-9-11-13-15-17-19-20-22-23-25-27-29-31-33-35-44(55)63-38-41(66-45(56)36-34-32-30-28-26-24-21-18-16-14-12-10-8-6-4-2)39-64-52-51(62)49(60)47(58)43(68-52)40-65-53-50(61)48(59)46(57)42(37-54)67-53/h11,13-14,16-19,21-23,41-43,46-54,57-62H,3-10,12,15,20,24-40H2,1-2H3/b13-11+,16-14+,19-17+,21-18+,23-22+/t41-,42+,43+,46-,47-,48?,49?,50?,51?,52+,53+/m0/s1. The predicted octanol–water partition coefficient (Wildman–Crippen LogP) is 7.27. The third-order valence-electron chi connectivity index (χ3n) is 12.0. The van der Waals surface area contributed by atoms with Crippen molar-refractivity contribution in [2.75, 3.05) is 26.4 Å². The Kier molecular flexibility index (Phi) is 36.0. The molecule has 2 heterocycles. The van der Waals surface area contributed by atoms with Gasteiger partial charge in [0.2, 0.25) is 0 Å². The smallest absolute Gasteiger partial charge is 0.306 e. The first kappa shape index (κ1) is 61.3. The zero-order valence-electron chi connectivity index (χ0n) is 41.3. The highest BCUT2D eigenvalue weighted by Crippen LogP contribution is 2.26. The van der Waals surface area contributed by atoms with E-state index in [1.54, 1.807) is 0 Å². The van der Waals surface area contributed by atoms with Crippen molar-refractivity contribution in [1.29, 1.82) is 0 Å². The van der Waals surface area contributed by atoms with Crippen molar-refractivity contribution in [3.8, 4) is 0 Å². The minimum Gasteiger partial charge on any atom is -0.462 e. The molecule has 0 bridgehead atoms. The average Bonchev–Trinajstić information content (AvgIpc) is 3.33. The van der Waals surface area contributed by atoms with Crippen molar-refractivity contribution >= 4 is 11.9 Å². The molecule has 2 rings (SSSR count). The largest absolute Gasteiger partial charge is 0.462 e. The first-order chi connectivity index (χ1) is 33.0. The lowest BCUT2D eigenvalue weighted by Gasteiger charge is -2.42. The molecule has 0 aromatic carbocycles. The van der Waals surface area contributed by atoms with Gasteiger partial charge in [0.25, 0.3) is 0 Å². The van der Waals surface area contributed by atoms with Crippen LogP contribution in [0.25, 0.3) is 0 Å². The molecule has 7 N–H and O–H groups in total. The van der Waals surface area contributed by atoms with Gasteiger partial charge in [-0.2, -0.15) is 0 Å². The molecule has 4 unspecified atom stereocenters. The van der Waals surface area contributed by atoms with Crippen LogP contribution in [0.15, 0.2) is 60.8 Å². The zero-order valence-corrected chi connectivity index (χ0v) is 41.3. The van der Waals surface area contributed by atoms with Crippen LogP contribution in [0.2, 0.25) is 0 Å². The van der Waals surface area contributed by atoms with E-state index in [-0.39, 0.29) is 19.4 Å². The summed E-state index contributed by atoms with van der Waals surface area (Å²) in [5, 5.41) is 72.1. The number of aliphatic hydroxyl groups excluding tert-OH is 7. The van der Waals surface area contributed by atoms with Crippen molar-refractivity contribution in [3.05, 3.63) is 60.8 Å². The molecule has 0 aromatic rings. The van der Waals surface area contributed by atoms with E-state index >= 15 is 0 Å². The Morgan fingerprint density at radius 1 is 0.485 bits per heavy atom. The molecule has 0 saturated carbocycles. The minimum absolute atomic E-state index is 0.140. The maximum atomic E-state index is 13.0. The van der Waals surface area contributed by atoms with Crippen LogP contribution in [0, 0.1) is 0 Å². The quantitative estimate of drug-likeness (QED) is 0.0139. The van der Waals surface area contributed by atoms with Crippen molar-refractivity contribution < 1.29 is 73.8 Å². The molecular formula is C53H90O15. The van der Waals surface area contributed by atoms with E-state index in [0.29, 0.717) is 12.8 Å². The predicted molar refractivity (Wildman–Crippen MR) is 261 cm³/mol. The van der Waals surface area contributed by atoms with Crippen LogP contribution in [0.3, 0.4) is 0 Å². The first-order valence-electron chi connectivity index (χ1n) is 25.9. The number of carbonyl (C=O) groups is 2. The van der Waals surface area contributed by atoms with E-state index in [2.05, 4.69) is 74.6 Å². The fourth-order valence-corrected chi connectivity index (χ4v) is 7.68. The van der Waals surface area contributed by atoms with Crippen LogP contribution in [0.4, 0.5) is 0 Å². The Balaban J connectivity index is 1.83. The van der Waals surface area contributed by atoms with Crippen LogP contribution >= 0.6 is 0 Å². The fourth-order valence-electron chi connectivity index (χ4n) is 7.68. The Bertz CT molecular complexity index is 1420. The molecule has 2 aliphatic rings. The van der Waals surface area contributed by atoms with Gasteiger partial charge < -0.3 is 64.2 Å². The number of hydrogen-bond acceptors (Lipinski definition) is 15. The summed E-state index contributed by atoms with van der Waals surface area (Å²) in [5.74, 6) is -0.972. The van der Waals surface area contributed by atoms with Gasteiger partial charge in [-0.05, 0) is 77.0 Å². The number of hydrogen-bond donors (Lipinski definition) is 7. The number of unbranched alkanes of at least 4 members (excludes halogenated alkanes) is 16. The Morgan fingerprint density at radius 2 is 0.926 bits per heavy atom. The SMILES string of the molecule is CCCCC/C=C/C/C=C/C/C=C/CCCCCCC(=O)OC[C@@H](CO[C@@H]1O[C@H](CO[C@@H]2O[C@H](CO)[C@H](O)C(O)C2O)[C@H](O)C(O)C1O)OC(=O)CCCCCCC/C=C/C=C/CCCCCC. The molecule has 0 aromatic heterocycles. The van der Waals surface area contributed by atoms with Gasteiger partial charge in [0.15, 0.2) is 18.7 Å². The highest BCUT2D eigenvalue weighted by atomic mass is 16.7. The van der Waals surface area contributed by atoms with E-state index in [1.165, 1.54) is 44.9 Å². The van der Waals surface area contributed by atoms with Crippen LogP contribution in [-0.2, 0) is 38.0 Å². The summed E-state index contributed by atoms with van der Waals surface area (Å²) in [6.45, 7) is 2.49. The van der Waals surface area contributed by atoms with Gasteiger partial charge in [0, 0.05) is 12.8 Å². The monoisotopic (exact) mass is 967 g/mol. The molecule has 15 nitrogen and oxygen atoms in total. The molecule has 11 atom stereocenters. The Hall–Kier alpha value is -2.80. The molecule has 2 aliphatic heterocycles. The van der Waals surface area contributed by atoms with Crippen LogP contribution in [-0.4, -0.2) is 142 Å². The van der Waals surface area contributed by atoms with Crippen molar-refractivity contribution in [2.24, 2.45) is 0 Å². The molecule has 392 valence electrons. The molecule has 68 heavy (non-hydrogen) atoms. The summed E-state index contributed by atoms with van der Waals surface area (Å²) in [6.07, 6.45) is 28.1.